The molecule has 1 heteroatoms. The molecule has 0 atom stereocenters. The van der Waals surface area contributed by atoms with Gasteiger partial charge in [-0.05, 0) is 12.8 Å². The van der Waals surface area contributed by atoms with Gasteiger partial charge in [-0.2, -0.15) is 0 Å². The summed E-state index contributed by atoms with van der Waals surface area (Å²) in [6.07, 6.45) is 50.6. The Bertz CT molecular complexity index is 368. The largest absolute Gasteiger partial charge is 0.381 e. The van der Waals surface area contributed by atoms with Gasteiger partial charge in [0.2, 0.25) is 0 Å². The summed E-state index contributed by atoms with van der Waals surface area (Å²) in [6.45, 7) is 6.59. The van der Waals surface area contributed by atoms with Crippen LogP contribution in [0.1, 0.15) is 239 Å². The summed E-state index contributed by atoms with van der Waals surface area (Å²) in [5, 5.41) is 0. The van der Waals surface area contributed by atoms with Crippen LogP contribution in [0.3, 0.4) is 0 Å². The lowest BCUT2D eigenvalue weighted by atomic mass is 10.0. The Balaban J connectivity index is 3.01. The zero-order valence-corrected chi connectivity index (χ0v) is 28.6. The van der Waals surface area contributed by atoms with E-state index in [1.165, 1.54) is 225 Å². The Hall–Kier alpha value is -0.0400. The van der Waals surface area contributed by atoms with Gasteiger partial charge in [-0.3, -0.25) is 0 Å². The molecule has 0 aromatic heterocycles. The quantitative estimate of drug-likeness (QED) is 0.0682. The highest BCUT2D eigenvalue weighted by molar-refractivity contribution is 4.52. The Morgan fingerprint density at radius 2 is 0.350 bits per heavy atom. The summed E-state index contributed by atoms with van der Waals surface area (Å²) in [5.74, 6) is 0. The van der Waals surface area contributed by atoms with Crippen LogP contribution in [0.5, 0.6) is 0 Å². The number of rotatable bonds is 37. The third-order valence-electron chi connectivity index (χ3n) is 9.03. The van der Waals surface area contributed by atoms with E-state index in [-0.39, 0.29) is 0 Å². The minimum atomic E-state index is 0.993. The average molecular weight is 565 g/mol. The van der Waals surface area contributed by atoms with Gasteiger partial charge in [0.05, 0.1) is 0 Å². The monoisotopic (exact) mass is 565 g/mol. The maximum Gasteiger partial charge on any atom is 0.0466 e. The first-order valence-electron chi connectivity index (χ1n) is 19.5. The van der Waals surface area contributed by atoms with Crippen molar-refractivity contribution in [2.24, 2.45) is 0 Å². The normalized spacial score (nSPS) is 11.6. The summed E-state index contributed by atoms with van der Waals surface area (Å²) in [6, 6.07) is 0. The van der Waals surface area contributed by atoms with Crippen molar-refractivity contribution >= 4 is 0 Å². The maximum atomic E-state index is 5.82. The fourth-order valence-corrected chi connectivity index (χ4v) is 6.14. The van der Waals surface area contributed by atoms with Gasteiger partial charge in [-0.1, -0.05) is 226 Å². The number of unbranched alkanes of at least 4 members (excludes halogenated alkanes) is 33. The van der Waals surface area contributed by atoms with E-state index >= 15 is 0 Å². The fraction of sp³-hybridized carbons (Fsp3) is 1.00. The van der Waals surface area contributed by atoms with Crippen LogP contribution in [0.25, 0.3) is 0 Å². The maximum absolute atomic E-state index is 5.82. The molecule has 0 aliphatic carbocycles. The molecule has 0 amide bonds. The molecule has 0 radical (unpaired) electrons. The predicted molar refractivity (Wildman–Crippen MR) is 184 cm³/mol. The minimum absolute atomic E-state index is 0.993. The number of hydrogen-bond donors (Lipinski definition) is 0. The highest BCUT2D eigenvalue weighted by atomic mass is 16.5. The zero-order valence-electron chi connectivity index (χ0n) is 28.6. The third-order valence-corrected chi connectivity index (χ3v) is 9.03. The lowest BCUT2D eigenvalue weighted by molar-refractivity contribution is 0.125. The Kier molecular flexibility index (Phi) is 38.9. The fourth-order valence-electron chi connectivity index (χ4n) is 6.14. The van der Waals surface area contributed by atoms with E-state index in [4.69, 9.17) is 4.74 Å². The van der Waals surface area contributed by atoms with Crippen molar-refractivity contribution in [3.05, 3.63) is 0 Å². The van der Waals surface area contributed by atoms with Crippen molar-refractivity contribution in [2.45, 2.75) is 239 Å². The van der Waals surface area contributed by atoms with Crippen molar-refractivity contribution < 1.29 is 4.74 Å². The molecule has 242 valence electrons. The molecular weight excluding hydrogens is 484 g/mol. The smallest absolute Gasteiger partial charge is 0.0466 e. The molecule has 0 aromatic carbocycles. The average Bonchev–Trinajstić information content (AvgIpc) is 2.97. The molecule has 0 aromatic rings. The van der Waals surface area contributed by atoms with E-state index in [0.29, 0.717) is 0 Å². The van der Waals surface area contributed by atoms with Gasteiger partial charge in [-0.25, -0.2) is 0 Å². The summed E-state index contributed by atoms with van der Waals surface area (Å²) in [5.41, 5.74) is 0. The lowest BCUT2D eigenvalue weighted by Crippen LogP contribution is -1.97. The SMILES string of the molecule is CCCCCCCCCCCCCCCCCCCCCCCCCCCCCCOCCCCCCCCC. The van der Waals surface area contributed by atoms with Crippen LogP contribution in [0.2, 0.25) is 0 Å². The van der Waals surface area contributed by atoms with Crippen molar-refractivity contribution in [3.8, 4) is 0 Å². The first-order chi connectivity index (χ1) is 19.9. The molecule has 0 bridgehead atoms. The van der Waals surface area contributed by atoms with Gasteiger partial charge in [0.25, 0.3) is 0 Å². The summed E-state index contributed by atoms with van der Waals surface area (Å²) in [4.78, 5) is 0. The second-order valence-electron chi connectivity index (χ2n) is 13.3. The van der Waals surface area contributed by atoms with Crippen molar-refractivity contribution in [1.29, 1.82) is 0 Å². The Morgan fingerprint density at radius 1 is 0.200 bits per heavy atom. The summed E-state index contributed by atoms with van der Waals surface area (Å²) >= 11 is 0. The second-order valence-corrected chi connectivity index (χ2v) is 13.3. The molecule has 0 heterocycles. The first-order valence-corrected chi connectivity index (χ1v) is 19.5. The standard InChI is InChI=1S/C39H80O/c1-3-5-7-9-11-12-13-14-15-16-17-18-19-20-21-22-23-24-25-26-27-28-29-30-31-33-35-37-39-40-38-36-34-32-10-8-6-4-2/h3-39H2,1-2H3. The molecule has 40 heavy (non-hydrogen) atoms. The highest BCUT2D eigenvalue weighted by Crippen LogP contribution is 2.16. The van der Waals surface area contributed by atoms with E-state index in [9.17, 15) is 0 Å². The van der Waals surface area contributed by atoms with E-state index in [0.717, 1.165) is 13.2 Å². The van der Waals surface area contributed by atoms with Crippen LogP contribution in [0.4, 0.5) is 0 Å². The molecule has 0 aliphatic heterocycles. The molecule has 1 nitrogen and oxygen atoms in total. The van der Waals surface area contributed by atoms with E-state index in [2.05, 4.69) is 13.8 Å². The van der Waals surface area contributed by atoms with Crippen molar-refractivity contribution in [1.82, 2.24) is 0 Å². The molecule has 0 unspecified atom stereocenters. The van der Waals surface area contributed by atoms with Crippen LogP contribution >= 0.6 is 0 Å². The second kappa shape index (κ2) is 39.0. The van der Waals surface area contributed by atoms with Gasteiger partial charge in [0.15, 0.2) is 0 Å². The molecular formula is C39H80O. The van der Waals surface area contributed by atoms with Crippen LogP contribution in [0.15, 0.2) is 0 Å². The lowest BCUT2D eigenvalue weighted by Gasteiger charge is -2.05. The number of ether oxygens (including phenoxy) is 1. The van der Waals surface area contributed by atoms with Crippen LogP contribution in [0, 0.1) is 0 Å². The van der Waals surface area contributed by atoms with E-state index < -0.39 is 0 Å². The molecule has 0 spiro atoms. The summed E-state index contributed by atoms with van der Waals surface area (Å²) in [7, 11) is 0. The molecule has 0 N–H and O–H groups in total. The predicted octanol–water partition coefficient (Wildman–Crippen LogP) is 14.7. The molecule has 0 rings (SSSR count). The Labute approximate surface area is 256 Å². The molecule has 0 fully saturated rings. The van der Waals surface area contributed by atoms with Gasteiger partial charge in [0, 0.05) is 13.2 Å². The van der Waals surface area contributed by atoms with Crippen molar-refractivity contribution in [2.75, 3.05) is 13.2 Å². The van der Waals surface area contributed by atoms with Gasteiger partial charge in [0.1, 0.15) is 0 Å². The van der Waals surface area contributed by atoms with Crippen LogP contribution in [-0.4, -0.2) is 13.2 Å². The van der Waals surface area contributed by atoms with Crippen LogP contribution in [-0.2, 0) is 4.74 Å². The van der Waals surface area contributed by atoms with Gasteiger partial charge in [-0.15, -0.1) is 0 Å². The Morgan fingerprint density at radius 3 is 0.525 bits per heavy atom. The van der Waals surface area contributed by atoms with E-state index in [1.807, 2.05) is 0 Å². The first kappa shape index (κ1) is 40.0. The van der Waals surface area contributed by atoms with Gasteiger partial charge >= 0.3 is 0 Å². The van der Waals surface area contributed by atoms with Crippen molar-refractivity contribution in [3.63, 3.8) is 0 Å². The minimum Gasteiger partial charge on any atom is -0.381 e. The van der Waals surface area contributed by atoms with Crippen LogP contribution < -0.4 is 0 Å². The van der Waals surface area contributed by atoms with E-state index in [1.54, 1.807) is 0 Å². The van der Waals surface area contributed by atoms with Gasteiger partial charge < -0.3 is 4.74 Å². The molecule has 0 saturated heterocycles. The summed E-state index contributed by atoms with van der Waals surface area (Å²) < 4.78 is 5.82. The molecule has 0 aliphatic rings. The molecule has 0 saturated carbocycles. The zero-order chi connectivity index (χ0) is 28.9. The highest BCUT2D eigenvalue weighted by Gasteiger charge is 1.97. The topological polar surface area (TPSA) is 9.23 Å². The number of hydrogen-bond acceptors (Lipinski definition) is 1. The third kappa shape index (κ3) is 38.0.